The predicted molar refractivity (Wildman–Crippen MR) is 119 cm³/mol. The van der Waals surface area contributed by atoms with Crippen LogP contribution < -0.4 is 20.9 Å². The summed E-state index contributed by atoms with van der Waals surface area (Å²) >= 11 is 6.17. The molecule has 8 heteroatoms. The topological polar surface area (TPSA) is 82.2 Å². The van der Waals surface area contributed by atoms with E-state index in [9.17, 15) is 4.79 Å². The van der Waals surface area contributed by atoms with Crippen LogP contribution in [-0.2, 0) is 0 Å². The molecule has 1 aromatic heterocycles. The second-order valence-corrected chi connectivity index (χ2v) is 8.17. The Morgan fingerprint density at radius 2 is 1.97 bits per heavy atom. The van der Waals surface area contributed by atoms with Crippen molar-refractivity contribution in [2.45, 2.75) is 38.6 Å². The first kappa shape index (κ1) is 21.2. The van der Waals surface area contributed by atoms with E-state index in [1.807, 2.05) is 44.1 Å². The number of hydrogen-bond acceptors (Lipinski definition) is 5. The number of anilines is 3. The fourth-order valence-corrected chi connectivity index (χ4v) is 3.82. The number of hydrogen-bond donors (Lipinski definition) is 3. The molecule has 1 aliphatic rings. The summed E-state index contributed by atoms with van der Waals surface area (Å²) in [6, 6.07) is 7.61. The van der Waals surface area contributed by atoms with E-state index >= 15 is 0 Å². The number of carbonyl (C=O) groups excluding carboxylic acids is 1. The van der Waals surface area contributed by atoms with E-state index in [1.165, 1.54) is 0 Å². The van der Waals surface area contributed by atoms with E-state index in [1.54, 1.807) is 12.3 Å². The highest BCUT2D eigenvalue weighted by Crippen LogP contribution is 2.27. The van der Waals surface area contributed by atoms with E-state index in [-0.39, 0.29) is 6.03 Å². The molecule has 7 nitrogen and oxygen atoms in total. The largest absolute Gasteiger partial charge is 0.363 e. The van der Waals surface area contributed by atoms with Gasteiger partial charge in [-0.1, -0.05) is 23.7 Å². The van der Waals surface area contributed by atoms with E-state index in [0.717, 1.165) is 37.1 Å². The molecule has 0 saturated heterocycles. The van der Waals surface area contributed by atoms with Gasteiger partial charge in [0.25, 0.3) is 0 Å². The summed E-state index contributed by atoms with van der Waals surface area (Å²) in [6.07, 6.45) is 5.95. The first-order chi connectivity index (χ1) is 13.9. The Morgan fingerprint density at radius 1 is 1.21 bits per heavy atom. The van der Waals surface area contributed by atoms with Crippen molar-refractivity contribution in [2.75, 3.05) is 36.2 Å². The van der Waals surface area contributed by atoms with Crippen LogP contribution in [0.4, 0.5) is 22.2 Å². The van der Waals surface area contributed by atoms with Crippen LogP contribution in [0, 0.1) is 12.8 Å². The summed E-state index contributed by atoms with van der Waals surface area (Å²) in [4.78, 5) is 23.1. The Kier molecular flexibility index (Phi) is 7.14. The quantitative estimate of drug-likeness (QED) is 0.654. The van der Waals surface area contributed by atoms with Crippen molar-refractivity contribution in [3.05, 3.63) is 41.0 Å². The number of benzene rings is 1. The zero-order valence-electron chi connectivity index (χ0n) is 17.2. The molecule has 0 radical (unpaired) electrons. The van der Waals surface area contributed by atoms with Gasteiger partial charge in [-0.3, -0.25) is 0 Å². The average molecular weight is 417 g/mol. The molecule has 29 heavy (non-hydrogen) atoms. The van der Waals surface area contributed by atoms with Crippen molar-refractivity contribution in [3.63, 3.8) is 0 Å². The van der Waals surface area contributed by atoms with Gasteiger partial charge in [-0.2, -0.15) is 4.98 Å². The van der Waals surface area contributed by atoms with E-state index in [0.29, 0.717) is 35.2 Å². The van der Waals surface area contributed by atoms with Crippen LogP contribution in [0.2, 0.25) is 5.02 Å². The lowest BCUT2D eigenvalue weighted by Gasteiger charge is -2.29. The van der Waals surface area contributed by atoms with E-state index in [4.69, 9.17) is 11.6 Å². The first-order valence-electron chi connectivity index (χ1n) is 9.99. The third-order valence-corrected chi connectivity index (χ3v) is 5.61. The minimum Gasteiger partial charge on any atom is -0.363 e. The molecule has 2 aromatic rings. The summed E-state index contributed by atoms with van der Waals surface area (Å²) in [7, 11) is 3.93. The van der Waals surface area contributed by atoms with Gasteiger partial charge in [-0.25, -0.2) is 9.78 Å². The van der Waals surface area contributed by atoms with Gasteiger partial charge >= 0.3 is 6.03 Å². The number of carbonyl (C=O) groups is 1. The molecule has 1 aromatic carbocycles. The van der Waals surface area contributed by atoms with Crippen LogP contribution in [0.25, 0.3) is 0 Å². The molecule has 0 spiro atoms. The summed E-state index contributed by atoms with van der Waals surface area (Å²) in [6.45, 7) is 2.59. The van der Waals surface area contributed by atoms with E-state index in [2.05, 4.69) is 25.9 Å². The average Bonchev–Trinajstić information content (AvgIpc) is 2.70. The van der Waals surface area contributed by atoms with Gasteiger partial charge in [0.1, 0.15) is 5.82 Å². The monoisotopic (exact) mass is 416 g/mol. The zero-order valence-corrected chi connectivity index (χ0v) is 18.0. The van der Waals surface area contributed by atoms with Gasteiger partial charge < -0.3 is 20.9 Å². The third-order valence-electron chi connectivity index (χ3n) is 5.29. The maximum absolute atomic E-state index is 12.2. The molecular weight excluding hydrogens is 388 g/mol. The number of amides is 2. The molecule has 3 rings (SSSR count). The van der Waals surface area contributed by atoms with Gasteiger partial charge in [-0.05, 0) is 56.2 Å². The number of urea groups is 1. The predicted octanol–water partition coefficient (Wildman–Crippen LogP) is 4.30. The first-order valence-corrected chi connectivity index (χ1v) is 10.4. The standard InChI is InChI=1S/C21H29ClN6O/c1-14-5-4-6-17(22)19(14)27-21(29)24-13-15-7-9-16(10-8-15)25-20-23-12-11-18(26-20)28(2)3/h4-6,11-12,15-16H,7-10,13H2,1-3H3,(H,23,25,26)(H2,24,27,29)/t15-,16+. The minimum atomic E-state index is -0.213. The van der Waals surface area contributed by atoms with Crippen LogP contribution in [-0.4, -0.2) is 42.7 Å². The lowest BCUT2D eigenvalue weighted by molar-refractivity contribution is 0.246. The second kappa shape index (κ2) is 9.78. The van der Waals surface area contributed by atoms with Crippen molar-refractivity contribution >= 4 is 35.1 Å². The van der Waals surface area contributed by atoms with Gasteiger partial charge in [0.15, 0.2) is 0 Å². The fraction of sp³-hybridized carbons (Fsp3) is 0.476. The molecule has 2 amide bonds. The minimum absolute atomic E-state index is 0.213. The number of para-hydroxylation sites is 1. The molecule has 0 bridgehead atoms. The van der Waals surface area contributed by atoms with Gasteiger partial charge in [0.05, 0.1) is 10.7 Å². The highest BCUT2D eigenvalue weighted by atomic mass is 35.5. The number of rotatable bonds is 6. The van der Waals surface area contributed by atoms with Crippen LogP contribution in [0.1, 0.15) is 31.2 Å². The summed E-state index contributed by atoms with van der Waals surface area (Å²) < 4.78 is 0. The van der Waals surface area contributed by atoms with Crippen LogP contribution in [0.15, 0.2) is 30.5 Å². The lowest BCUT2D eigenvalue weighted by Crippen LogP contribution is -2.36. The van der Waals surface area contributed by atoms with Crippen molar-refractivity contribution < 1.29 is 4.79 Å². The summed E-state index contributed by atoms with van der Waals surface area (Å²) in [5.74, 6) is 2.03. The van der Waals surface area contributed by atoms with E-state index < -0.39 is 0 Å². The number of nitrogens with zero attached hydrogens (tertiary/aromatic N) is 3. The molecular formula is C21H29ClN6O. The van der Waals surface area contributed by atoms with Crippen molar-refractivity contribution in [1.82, 2.24) is 15.3 Å². The Hall–Kier alpha value is -2.54. The van der Waals surface area contributed by atoms with Crippen LogP contribution in [0.3, 0.4) is 0 Å². The van der Waals surface area contributed by atoms with Crippen LogP contribution in [0.5, 0.6) is 0 Å². The number of nitrogens with one attached hydrogen (secondary N) is 3. The summed E-state index contributed by atoms with van der Waals surface area (Å²) in [5, 5.41) is 9.83. The second-order valence-electron chi connectivity index (χ2n) is 7.76. The van der Waals surface area contributed by atoms with Gasteiger partial charge in [0, 0.05) is 32.9 Å². The smallest absolute Gasteiger partial charge is 0.319 e. The third kappa shape index (κ3) is 5.97. The molecule has 1 aliphatic carbocycles. The highest BCUT2D eigenvalue weighted by molar-refractivity contribution is 6.33. The molecule has 1 heterocycles. The number of halogens is 1. The Bertz CT molecular complexity index is 815. The lowest BCUT2D eigenvalue weighted by atomic mass is 9.86. The molecule has 156 valence electrons. The molecule has 3 N–H and O–H groups in total. The Morgan fingerprint density at radius 3 is 2.66 bits per heavy atom. The molecule has 0 aliphatic heterocycles. The Labute approximate surface area is 177 Å². The maximum atomic E-state index is 12.2. The SMILES string of the molecule is Cc1cccc(Cl)c1NC(=O)NC[C@H]1CC[C@@H](Nc2nccc(N(C)C)n2)CC1. The normalized spacial score (nSPS) is 18.8. The van der Waals surface area contributed by atoms with Gasteiger partial charge in [-0.15, -0.1) is 0 Å². The fourth-order valence-electron chi connectivity index (χ4n) is 3.55. The van der Waals surface area contributed by atoms with Crippen LogP contribution >= 0.6 is 11.6 Å². The molecule has 0 unspecified atom stereocenters. The maximum Gasteiger partial charge on any atom is 0.319 e. The van der Waals surface area contributed by atoms with Gasteiger partial charge in [0.2, 0.25) is 5.95 Å². The highest BCUT2D eigenvalue weighted by Gasteiger charge is 2.22. The molecule has 1 saturated carbocycles. The Balaban J connectivity index is 1.42. The van der Waals surface area contributed by atoms with Crippen molar-refractivity contribution in [3.8, 4) is 0 Å². The van der Waals surface area contributed by atoms with Crippen molar-refractivity contribution in [2.24, 2.45) is 5.92 Å². The number of aryl methyl sites for hydroxylation is 1. The zero-order chi connectivity index (χ0) is 20.8. The molecule has 1 fully saturated rings. The summed E-state index contributed by atoms with van der Waals surface area (Å²) in [5.41, 5.74) is 1.61. The van der Waals surface area contributed by atoms with Crippen molar-refractivity contribution in [1.29, 1.82) is 0 Å². The molecule has 0 atom stereocenters. The number of aromatic nitrogens is 2.